The van der Waals surface area contributed by atoms with E-state index in [1.807, 2.05) is 0 Å². The average molecular weight is 439 g/mol. The largest absolute Gasteiger partial charge is 0.477 e. The molecule has 0 amide bonds. The van der Waals surface area contributed by atoms with Gasteiger partial charge in [0.05, 0.1) is 17.3 Å². The van der Waals surface area contributed by atoms with Crippen LogP contribution in [0.25, 0.3) is 5.69 Å². The Hall–Kier alpha value is -2.82. The van der Waals surface area contributed by atoms with Crippen molar-refractivity contribution in [1.82, 2.24) is 9.13 Å². The minimum absolute atomic E-state index is 0.0753. The number of carbonyl (C=O) groups excluding carboxylic acids is 1. The predicted octanol–water partition coefficient (Wildman–Crippen LogP) is 2.68. The fourth-order valence-electron chi connectivity index (χ4n) is 2.40. The Morgan fingerprint density at radius 1 is 1.24 bits per heavy atom. The highest BCUT2D eigenvalue weighted by molar-refractivity contribution is 6.32. The smallest absolute Gasteiger partial charge is 0.431 e. The molecule has 0 unspecified atom stereocenters. The zero-order valence-electron chi connectivity index (χ0n) is 15.3. The lowest BCUT2D eigenvalue weighted by Gasteiger charge is -2.17. The number of hydrogen-bond acceptors (Lipinski definition) is 5. The number of ether oxygens (including phenoxy) is 2. The average Bonchev–Trinajstić information content (AvgIpc) is 2.60. The topological polar surface area (TPSA) is 79.5 Å². The van der Waals surface area contributed by atoms with Crippen LogP contribution in [0.3, 0.4) is 0 Å². The predicted molar refractivity (Wildman–Crippen MR) is 94.0 cm³/mol. The van der Waals surface area contributed by atoms with Crippen LogP contribution >= 0.6 is 11.6 Å². The van der Waals surface area contributed by atoms with E-state index in [0.717, 1.165) is 13.1 Å². The zero-order chi connectivity index (χ0) is 22.1. The molecule has 0 fully saturated rings. The van der Waals surface area contributed by atoms with Crippen LogP contribution in [0.15, 0.2) is 27.8 Å². The number of nitrogens with zero attached hydrogens (tertiary/aromatic N) is 2. The Morgan fingerprint density at radius 2 is 1.86 bits per heavy atom. The quantitative estimate of drug-likeness (QED) is 0.530. The molecule has 158 valence electrons. The maximum absolute atomic E-state index is 14.4. The summed E-state index contributed by atoms with van der Waals surface area (Å²) in [5.41, 5.74) is -5.04. The molecule has 1 aromatic heterocycles. The summed E-state index contributed by atoms with van der Waals surface area (Å²) in [5.74, 6) is -2.19. The molecule has 2 aromatic rings. The fourth-order valence-corrected chi connectivity index (χ4v) is 2.59. The van der Waals surface area contributed by atoms with E-state index in [0.29, 0.717) is 6.07 Å². The molecule has 0 spiro atoms. The van der Waals surface area contributed by atoms with Gasteiger partial charge in [0, 0.05) is 19.2 Å². The molecule has 0 N–H and O–H groups in total. The van der Waals surface area contributed by atoms with Gasteiger partial charge in [-0.3, -0.25) is 9.36 Å². The van der Waals surface area contributed by atoms with Crippen molar-refractivity contribution in [2.45, 2.75) is 26.1 Å². The first-order valence-corrected chi connectivity index (χ1v) is 8.49. The van der Waals surface area contributed by atoms with Gasteiger partial charge < -0.3 is 9.47 Å². The molecule has 1 atom stereocenters. The number of halogens is 5. The highest BCUT2D eigenvalue weighted by Crippen LogP contribution is 2.30. The maximum atomic E-state index is 14.4. The summed E-state index contributed by atoms with van der Waals surface area (Å²) in [6, 6.07) is 1.70. The van der Waals surface area contributed by atoms with Crippen LogP contribution in [0.4, 0.5) is 17.6 Å². The SMILES string of the molecule is CCOC(=O)[C@@H](C)Oc1cc(-n2c(=O)cc(C(F)(F)F)n(C)c2=O)c(F)cc1Cl. The lowest BCUT2D eigenvalue weighted by molar-refractivity contribution is -0.150. The number of aromatic nitrogens is 2. The summed E-state index contributed by atoms with van der Waals surface area (Å²) in [4.78, 5) is 36.2. The molecule has 12 heteroatoms. The first-order chi connectivity index (χ1) is 13.4. The van der Waals surface area contributed by atoms with Gasteiger partial charge in [0.25, 0.3) is 5.56 Å². The summed E-state index contributed by atoms with van der Waals surface area (Å²) >= 11 is 5.87. The Bertz CT molecular complexity index is 1060. The van der Waals surface area contributed by atoms with Crippen LogP contribution in [0, 0.1) is 5.82 Å². The second-order valence-corrected chi connectivity index (χ2v) is 6.20. The third kappa shape index (κ3) is 4.61. The van der Waals surface area contributed by atoms with Crippen molar-refractivity contribution < 1.29 is 31.8 Å². The van der Waals surface area contributed by atoms with Crippen LogP contribution < -0.4 is 16.0 Å². The monoisotopic (exact) mass is 438 g/mol. The number of hydrogen-bond donors (Lipinski definition) is 0. The number of carbonyl (C=O) groups is 1. The minimum Gasteiger partial charge on any atom is -0.477 e. The molecule has 0 aliphatic rings. The van der Waals surface area contributed by atoms with Crippen LogP contribution in [-0.4, -0.2) is 27.8 Å². The van der Waals surface area contributed by atoms with E-state index in [2.05, 4.69) is 0 Å². The van der Waals surface area contributed by atoms with Crippen LogP contribution in [0.1, 0.15) is 19.5 Å². The van der Waals surface area contributed by atoms with Gasteiger partial charge in [-0.25, -0.2) is 18.5 Å². The number of esters is 1. The van der Waals surface area contributed by atoms with Crippen molar-refractivity contribution in [3.63, 3.8) is 0 Å². The van der Waals surface area contributed by atoms with Gasteiger partial charge in [0.2, 0.25) is 0 Å². The van der Waals surface area contributed by atoms with Gasteiger partial charge >= 0.3 is 17.8 Å². The Labute approximate surface area is 166 Å². The molecule has 0 saturated heterocycles. The van der Waals surface area contributed by atoms with Crippen molar-refractivity contribution in [1.29, 1.82) is 0 Å². The third-order valence-electron chi connectivity index (χ3n) is 3.78. The molecular weight excluding hydrogens is 424 g/mol. The molecule has 0 aliphatic heterocycles. The summed E-state index contributed by atoms with van der Waals surface area (Å²) in [7, 11) is 0.787. The molecule has 29 heavy (non-hydrogen) atoms. The lowest BCUT2D eigenvalue weighted by atomic mass is 10.2. The Kier molecular flexibility index (Phi) is 6.41. The van der Waals surface area contributed by atoms with Crippen molar-refractivity contribution >= 4 is 17.6 Å². The van der Waals surface area contributed by atoms with Crippen LogP contribution in [0.2, 0.25) is 5.02 Å². The second-order valence-electron chi connectivity index (χ2n) is 5.79. The second kappa shape index (κ2) is 8.27. The van der Waals surface area contributed by atoms with E-state index in [1.165, 1.54) is 6.92 Å². The van der Waals surface area contributed by atoms with E-state index < -0.39 is 46.7 Å². The summed E-state index contributed by atoms with van der Waals surface area (Å²) in [5, 5.41) is -0.292. The molecule has 0 bridgehead atoms. The molecule has 1 aromatic carbocycles. The third-order valence-corrected chi connectivity index (χ3v) is 4.07. The van der Waals surface area contributed by atoms with Gasteiger partial charge in [0.1, 0.15) is 17.3 Å². The molecular formula is C17H15ClF4N2O5. The van der Waals surface area contributed by atoms with Crippen molar-refractivity contribution in [3.8, 4) is 11.4 Å². The first-order valence-electron chi connectivity index (χ1n) is 8.11. The van der Waals surface area contributed by atoms with E-state index in [-0.39, 0.29) is 32.6 Å². The van der Waals surface area contributed by atoms with Gasteiger partial charge in [-0.1, -0.05) is 11.6 Å². The minimum atomic E-state index is -4.96. The van der Waals surface area contributed by atoms with Crippen molar-refractivity contribution in [3.05, 3.63) is 55.6 Å². The Morgan fingerprint density at radius 3 is 2.41 bits per heavy atom. The summed E-state index contributed by atoms with van der Waals surface area (Å²) in [6.07, 6.45) is -6.13. The molecule has 0 aliphatic carbocycles. The normalized spacial score (nSPS) is 12.6. The number of alkyl halides is 3. The highest BCUT2D eigenvalue weighted by Gasteiger charge is 2.35. The molecule has 0 radical (unpaired) electrons. The van der Waals surface area contributed by atoms with Gasteiger partial charge in [-0.05, 0) is 19.9 Å². The summed E-state index contributed by atoms with van der Waals surface area (Å²) in [6.45, 7) is 2.97. The van der Waals surface area contributed by atoms with Crippen LogP contribution in [0.5, 0.6) is 5.75 Å². The van der Waals surface area contributed by atoms with Crippen molar-refractivity contribution in [2.75, 3.05) is 6.61 Å². The zero-order valence-corrected chi connectivity index (χ0v) is 16.1. The van der Waals surface area contributed by atoms with Gasteiger partial charge in [0.15, 0.2) is 6.10 Å². The van der Waals surface area contributed by atoms with Crippen LogP contribution in [-0.2, 0) is 22.8 Å². The molecule has 7 nitrogen and oxygen atoms in total. The standard InChI is InChI=1S/C17H15ClF4N2O5/c1-4-28-15(26)8(2)29-12-6-11(10(19)5-9(12)18)24-14(25)7-13(17(20,21)22)23(3)16(24)27/h5-8H,4H2,1-3H3/t8-/m1/s1. The molecule has 2 rings (SSSR count). The molecule has 1 heterocycles. The Balaban J connectivity index is 2.62. The summed E-state index contributed by atoms with van der Waals surface area (Å²) < 4.78 is 63.7. The van der Waals surface area contributed by atoms with Gasteiger partial charge in [-0.15, -0.1) is 0 Å². The number of rotatable bonds is 5. The van der Waals surface area contributed by atoms with E-state index in [1.54, 1.807) is 6.92 Å². The highest BCUT2D eigenvalue weighted by atomic mass is 35.5. The molecule has 0 saturated carbocycles. The number of benzene rings is 1. The van der Waals surface area contributed by atoms with E-state index in [4.69, 9.17) is 21.1 Å². The maximum Gasteiger partial charge on any atom is 0.431 e. The van der Waals surface area contributed by atoms with E-state index >= 15 is 0 Å². The van der Waals surface area contributed by atoms with Crippen molar-refractivity contribution in [2.24, 2.45) is 7.05 Å². The lowest BCUT2D eigenvalue weighted by Crippen LogP contribution is -2.41. The van der Waals surface area contributed by atoms with Gasteiger partial charge in [-0.2, -0.15) is 13.2 Å². The van der Waals surface area contributed by atoms with E-state index in [9.17, 15) is 31.9 Å². The fraction of sp³-hybridized carbons (Fsp3) is 0.353. The first kappa shape index (κ1) is 22.5.